The summed E-state index contributed by atoms with van der Waals surface area (Å²) < 4.78 is 5.11. The summed E-state index contributed by atoms with van der Waals surface area (Å²) in [5.41, 5.74) is 3.33. The van der Waals surface area contributed by atoms with Crippen molar-refractivity contribution in [1.29, 1.82) is 0 Å². The van der Waals surface area contributed by atoms with Gasteiger partial charge in [0.1, 0.15) is 5.76 Å². The second kappa shape index (κ2) is 8.14. The van der Waals surface area contributed by atoms with Crippen LogP contribution in [0.4, 0.5) is 0 Å². The Bertz CT molecular complexity index is 694. The first-order valence-electron chi connectivity index (χ1n) is 6.93. The third-order valence-electron chi connectivity index (χ3n) is 2.91. The maximum absolute atomic E-state index is 11.9. The normalized spacial score (nSPS) is 11.1. The van der Waals surface area contributed by atoms with Gasteiger partial charge in [0.2, 0.25) is 5.91 Å². The summed E-state index contributed by atoms with van der Waals surface area (Å²) in [5.74, 6) is 0.101. The van der Waals surface area contributed by atoms with Crippen LogP contribution in [0.3, 0.4) is 0 Å². The van der Waals surface area contributed by atoms with Crippen molar-refractivity contribution in [2.24, 2.45) is 5.10 Å². The Kier molecular flexibility index (Phi) is 5.94. The third kappa shape index (κ3) is 5.60. The molecule has 0 atom stereocenters. The standard InChI is InChI=1S/C16H16ClN3O3/c1-11(9-15(21)18-10-14-3-2-8-23-14)19-20-16(22)12-4-6-13(17)7-5-12/h2-8H,9-10H2,1H3,(H,18,21)(H,20,22). The number of nitrogens with one attached hydrogen (secondary N) is 2. The third-order valence-corrected chi connectivity index (χ3v) is 3.16. The van der Waals surface area contributed by atoms with Gasteiger partial charge in [-0.1, -0.05) is 11.6 Å². The molecule has 1 heterocycles. The molecule has 6 nitrogen and oxygen atoms in total. The van der Waals surface area contributed by atoms with E-state index >= 15 is 0 Å². The average molecular weight is 334 g/mol. The zero-order valence-corrected chi connectivity index (χ0v) is 13.3. The maximum atomic E-state index is 11.9. The van der Waals surface area contributed by atoms with Crippen molar-refractivity contribution in [1.82, 2.24) is 10.7 Å². The lowest BCUT2D eigenvalue weighted by Gasteiger charge is -2.04. The SMILES string of the molecule is CC(CC(=O)NCc1ccco1)=NNC(=O)c1ccc(Cl)cc1. The van der Waals surface area contributed by atoms with Gasteiger partial charge in [-0.3, -0.25) is 9.59 Å². The van der Waals surface area contributed by atoms with Crippen LogP contribution < -0.4 is 10.7 Å². The smallest absolute Gasteiger partial charge is 0.271 e. The number of furan rings is 1. The monoisotopic (exact) mass is 333 g/mol. The topological polar surface area (TPSA) is 83.7 Å². The molecule has 2 N–H and O–H groups in total. The van der Waals surface area contributed by atoms with E-state index in [1.807, 2.05) is 0 Å². The number of carbonyl (C=O) groups excluding carboxylic acids is 2. The second-order valence-electron chi connectivity index (χ2n) is 4.83. The summed E-state index contributed by atoms with van der Waals surface area (Å²) >= 11 is 5.76. The molecule has 1 aromatic heterocycles. The van der Waals surface area contributed by atoms with Gasteiger partial charge in [0, 0.05) is 16.3 Å². The van der Waals surface area contributed by atoms with Crippen molar-refractivity contribution in [2.45, 2.75) is 19.9 Å². The van der Waals surface area contributed by atoms with Crippen molar-refractivity contribution in [3.63, 3.8) is 0 Å². The van der Waals surface area contributed by atoms with E-state index in [-0.39, 0.29) is 18.2 Å². The minimum absolute atomic E-state index is 0.0849. The zero-order chi connectivity index (χ0) is 16.7. The van der Waals surface area contributed by atoms with E-state index in [9.17, 15) is 9.59 Å². The highest BCUT2D eigenvalue weighted by Crippen LogP contribution is 2.09. The number of halogens is 1. The number of carbonyl (C=O) groups is 2. The number of rotatable bonds is 6. The largest absolute Gasteiger partial charge is 0.467 e. The molecule has 23 heavy (non-hydrogen) atoms. The number of amides is 2. The van der Waals surface area contributed by atoms with Crippen LogP contribution in [-0.2, 0) is 11.3 Å². The lowest BCUT2D eigenvalue weighted by Crippen LogP contribution is -2.26. The van der Waals surface area contributed by atoms with Crippen molar-refractivity contribution < 1.29 is 14.0 Å². The Morgan fingerprint density at radius 1 is 1.22 bits per heavy atom. The van der Waals surface area contributed by atoms with Crippen molar-refractivity contribution >= 4 is 29.1 Å². The summed E-state index contributed by atoms with van der Waals surface area (Å²) in [6, 6.07) is 9.95. The van der Waals surface area contributed by atoms with Gasteiger partial charge in [-0.05, 0) is 43.3 Å². The molecule has 0 unspecified atom stereocenters. The van der Waals surface area contributed by atoms with Gasteiger partial charge < -0.3 is 9.73 Å². The van der Waals surface area contributed by atoms with Crippen molar-refractivity contribution in [3.05, 3.63) is 59.0 Å². The predicted octanol–water partition coefficient (Wildman–Crippen LogP) is 2.75. The lowest BCUT2D eigenvalue weighted by atomic mass is 10.2. The molecule has 0 aliphatic carbocycles. The molecule has 0 saturated carbocycles. The average Bonchev–Trinajstić information content (AvgIpc) is 3.05. The molecule has 2 aromatic rings. The first-order valence-corrected chi connectivity index (χ1v) is 7.30. The van der Waals surface area contributed by atoms with E-state index in [0.717, 1.165) is 0 Å². The van der Waals surface area contributed by atoms with Gasteiger partial charge in [-0.25, -0.2) is 5.43 Å². The molecule has 0 bridgehead atoms. The molecule has 120 valence electrons. The molecule has 0 spiro atoms. The molecule has 0 aliphatic heterocycles. The van der Waals surface area contributed by atoms with Gasteiger partial charge in [-0.2, -0.15) is 5.10 Å². The van der Waals surface area contributed by atoms with Gasteiger partial charge >= 0.3 is 0 Å². The summed E-state index contributed by atoms with van der Waals surface area (Å²) in [6.45, 7) is 1.98. The van der Waals surface area contributed by atoms with Crippen molar-refractivity contribution in [2.75, 3.05) is 0 Å². The second-order valence-corrected chi connectivity index (χ2v) is 5.26. The van der Waals surface area contributed by atoms with Crippen LogP contribution in [0.2, 0.25) is 5.02 Å². The first kappa shape index (κ1) is 16.8. The van der Waals surface area contributed by atoms with E-state index < -0.39 is 0 Å². The van der Waals surface area contributed by atoms with Crippen molar-refractivity contribution in [3.8, 4) is 0 Å². The van der Waals surface area contributed by atoms with E-state index in [2.05, 4.69) is 15.8 Å². The number of benzene rings is 1. The number of hydrazone groups is 1. The Labute approximate surface area is 138 Å². The van der Waals surface area contributed by atoms with Crippen LogP contribution in [0.5, 0.6) is 0 Å². The number of hydrogen-bond acceptors (Lipinski definition) is 4. The van der Waals surface area contributed by atoms with E-state index in [4.69, 9.17) is 16.0 Å². The first-order chi connectivity index (χ1) is 11.0. The molecule has 2 amide bonds. The van der Waals surface area contributed by atoms with Crippen LogP contribution >= 0.6 is 11.6 Å². The van der Waals surface area contributed by atoms with E-state index in [0.29, 0.717) is 28.6 Å². The molecule has 1 aromatic carbocycles. The van der Waals surface area contributed by atoms with Gasteiger partial charge in [-0.15, -0.1) is 0 Å². The molecular formula is C16H16ClN3O3. The van der Waals surface area contributed by atoms with Gasteiger partial charge in [0.15, 0.2) is 0 Å². The lowest BCUT2D eigenvalue weighted by molar-refractivity contribution is -0.120. The highest BCUT2D eigenvalue weighted by atomic mass is 35.5. The summed E-state index contributed by atoms with van der Waals surface area (Å²) in [4.78, 5) is 23.6. The van der Waals surface area contributed by atoms with Crippen LogP contribution in [0.25, 0.3) is 0 Å². The molecule has 0 aliphatic rings. The van der Waals surface area contributed by atoms with Crippen LogP contribution in [0.15, 0.2) is 52.2 Å². The quantitative estimate of drug-likeness (QED) is 0.629. The molecule has 0 fully saturated rings. The van der Waals surface area contributed by atoms with E-state index in [1.54, 1.807) is 49.6 Å². The van der Waals surface area contributed by atoms with Gasteiger partial charge in [0.25, 0.3) is 5.91 Å². The van der Waals surface area contributed by atoms with Gasteiger partial charge in [0.05, 0.1) is 19.2 Å². The molecule has 7 heteroatoms. The Morgan fingerprint density at radius 2 is 1.96 bits per heavy atom. The minimum atomic E-state index is -0.364. The summed E-state index contributed by atoms with van der Waals surface area (Å²) in [6.07, 6.45) is 1.63. The van der Waals surface area contributed by atoms with Crippen LogP contribution in [0, 0.1) is 0 Å². The number of hydrogen-bond donors (Lipinski definition) is 2. The summed E-state index contributed by atoms with van der Waals surface area (Å²) in [5, 5.41) is 7.16. The highest BCUT2D eigenvalue weighted by Gasteiger charge is 2.07. The Morgan fingerprint density at radius 3 is 2.61 bits per heavy atom. The van der Waals surface area contributed by atoms with Crippen LogP contribution in [0.1, 0.15) is 29.5 Å². The predicted molar refractivity (Wildman–Crippen MR) is 87.2 cm³/mol. The Balaban J connectivity index is 1.79. The fraction of sp³-hybridized carbons (Fsp3) is 0.188. The summed E-state index contributed by atoms with van der Waals surface area (Å²) in [7, 11) is 0. The highest BCUT2D eigenvalue weighted by molar-refractivity contribution is 6.30. The molecule has 0 radical (unpaired) electrons. The zero-order valence-electron chi connectivity index (χ0n) is 12.5. The van der Waals surface area contributed by atoms with E-state index in [1.165, 1.54) is 0 Å². The fourth-order valence-electron chi connectivity index (χ4n) is 1.75. The Hall–Kier alpha value is -2.60. The molecule has 2 rings (SSSR count). The van der Waals surface area contributed by atoms with Crippen LogP contribution in [-0.4, -0.2) is 17.5 Å². The minimum Gasteiger partial charge on any atom is -0.467 e. The maximum Gasteiger partial charge on any atom is 0.271 e. The fourth-order valence-corrected chi connectivity index (χ4v) is 1.87. The molecule has 0 saturated heterocycles. The number of nitrogens with zero attached hydrogens (tertiary/aromatic N) is 1. The molecular weight excluding hydrogens is 318 g/mol.